The molecule has 7 heteroatoms. The summed E-state index contributed by atoms with van der Waals surface area (Å²) in [5.74, 6) is 0.0837. The predicted molar refractivity (Wildman–Crippen MR) is 69.9 cm³/mol. The molecular formula is C12H14FN5O. The van der Waals surface area contributed by atoms with Gasteiger partial charge in [0, 0.05) is 24.8 Å². The lowest BCUT2D eigenvalue weighted by Gasteiger charge is -2.07. The molecule has 0 saturated carbocycles. The molecule has 2 amide bonds. The van der Waals surface area contributed by atoms with Crippen molar-refractivity contribution >= 4 is 17.5 Å². The quantitative estimate of drug-likeness (QED) is 0.783. The van der Waals surface area contributed by atoms with E-state index in [1.807, 2.05) is 0 Å². The van der Waals surface area contributed by atoms with Gasteiger partial charge in [0.15, 0.2) is 0 Å². The molecule has 4 N–H and O–H groups in total. The molecule has 0 saturated heterocycles. The monoisotopic (exact) mass is 263 g/mol. The second-order valence-corrected chi connectivity index (χ2v) is 4.00. The number of aromatic nitrogens is 2. The summed E-state index contributed by atoms with van der Waals surface area (Å²) < 4.78 is 14.4. The lowest BCUT2D eigenvalue weighted by Crippen LogP contribution is -2.28. The SMILES string of the molecule is Cn1ncc(CNC(=O)Nc2cccc(F)c2)c1N. The first-order valence-electron chi connectivity index (χ1n) is 5.63. The molecule has 0 aliphatic heterocycles. The number of urea groups is 1. The average molecular weight is 263 g/mol. The Kier molecular flexibility index (Phi) is 3.65. The van der Waals surface area contributed by atoms with Crippen molar-refractivity contribution in [1.82, 2.24) is 15.1 Å². The van der Waals surface area contributed by atoms with Crippen LogP contribution in [0.3, 0.4) is 0 Å². The molecule has 0 bridgehead atoms. The van der Waals surface area contributed by atoms with Crippen molar-refractivity contribution in [1.29, 1.82) is 0 Å². The van der Waals surface area contributed by atoms with E-state index in [9.17, 15) is 9.18 Å². The largest absolute Gasteiger partial charge is 0.384 e. The Bertz CT molecular complexity index is 596. The van der Waals surface area contributed by atoms with Gasteiger partial charge in [0.25, 0.3) is 0 Å². The van der Waals surface area contributed by atoms with Gasteiger partial charge in [0.2, 0.25) is 0 Å². The third-order valence-electron chi connectivity index (χ3n) is 2.59. The highest BCUT2D eigenvalue weighted by atomic mass is 19.1. The lowest BCUT2D eigenvalue weighted by atomic mass is 10.3. The first-order valence-corrected chi connectivity index (χ1v) is 5.63. The normalized spacial score (nSPS) is 10.2. The number of carbonyl (C=O) groups is 1. The molecule has 1 heterocycles. The zero-order valence-corrected chi connectivity index (χ0v) is 10.4. The molecular weight excluding hydrogens is 249 g/mol. The number of nitrogens with two attached hydrogens (primary N) is 1. The molecule has 0 aliphatic rings. The third-order valence-corrected chi connectivity index (χ3v) is 2.59. The van der Waals surface area contributed by atoms with Crippen molar-refractivity contribution in [2.24, 2.45) is 7.05 Å². The zero-order valence-electron chi connectivity index (χ0n) is 10.4. The maximum atomic E-state index is 12.9. The van der Waals surface area contributed by atoms with Crippen LogP contribution < -0.4 is 16.4 Å². The van der Waals surface area contributed by atoms with Crippen LogP contribution in [0.25, 0.3) is 0 Å². The number of nitrogen functional groups attached to an aromatic ring is 1. The highest BCUT2D eigenvalue weighted by Gasteiger charge is 2.07. The third kappa shape index (κ3) is 3.21. The molecule has 1 aromatic heterocycles. The summed E-state index contributed by atoms with van der Waals surface area (Å²) in [6.07, 6.45) is 1.58. The Hall–Kier alpha value is -2.57. The van der Waals surface area contributed by atoms with Crippen LogP contribution in [0.1, 0.15) is 5.56 Å². The van der Waals surface area contributed by atoms with Crippen molar-refractivity contribution in [2.45, 2.75) is 6.54 Å². The van der Waals surface area contributed by atoms with E-state index in [0.717, 1.165) is 5.56 Å². The molecule has 0 radical (unpaired) electrons. The number of nitrogens with zero attached hydrogens (tertiary/aromatic N) is 2. The fourth-order valence-electron chi connectivity index (χ4n) is 1.55. The van der Waals surface area contributed by atoms with Gasteiger partial charge in [-0.05, 0) is 18.2 Å². The Balaban J connectivity index is 1.90. The van der Waals surface area contributed by atoms with E-state index >= 15 is 0 Å². The highest BCUT2D eigenvalue weighted by Crippen LogP contribution is 2.10. The van der Waals surface area contributed by atoms with E-state index in [2.05, 4.69) is 15.7 Å². The van der Waals surface area contributed by atoms with E-state index in [1.54, 1.807) is 19.3 Å². The number of nitrogens with one attached hydrogen (secondary N) is 2. The minimum absolute atomic E-state index is 0.251. The second-order valence-electron chi connectivity index (χ2n) is 4.00. The molecule has 2 rings (SSSR count). The Labute approximate surface area is 109 Å². The van der Waals surface area contributed by atoms with Gasteiger partial charge in [-0.3, -0.25) is 4.68 Å². The smallest absolute Gasteiger partial charge is 0.319 e. The topological polar surface area (TPSA) is 85.0 Å². The van der Waals surface area contributed by atoms with Crippen molar-refractivity contribution in [3.63, 3.8) is 0 Å². The Morgan fingerprint density at radius 1 is 1.53 bits per heavy atom. The van der Waals surface area contributed by atoms with Crippen LogP contribution in [0, 0.1) is 5.82 Å². The van der Waals surface area contributed by atoms with Gasteiger partial charge in [-0.15, -0.1) is 0 Å². The lowest BCUT2D eigenvalue weighted by molar-refractivity contribution is 0.252. The molecule has 2 aromatic rings. The predicted octanol–water partition coefficient (Wildman–Crippen LogP) is 1.46. The van der Waals surface area contributed by atoms with Gasteiger partial charge in [0.1, 0.15) is 11.6 Å². The van der Waals surface area contributed by atoms with Crippen LogP contribution >= 0.6 is 0 Å². The van der Waals surface area contributed by atoms with Crippen molar-refractivity contribution in [3.05, 3.63) is 41.8 Å². The van der Waals surface area contributed by atoms with Crippen LogP contribution in [0.15, 0.2) is 30.5 Å². The molecule has 0 aliphatic carbocycles. The molecule has 19 heavy (non-hydrogen) atoms. The van der Waals surface area contributed by atoms with Gasteiger partial charge < -0.3 is 16.4 Å². The van der Waals surface area contributed by atoms with E-state index in [4.69, 9.17) is 5.73 Å². The van der Waals surface area contributed by atoms with Gasteiger partial charge in [-0.2, -0.15) is 5.10 Å². The number of halogens is 1. The summed E-state index contributed by atoms with van der Waals surface area (Å²) in [5.41, 5.74) is 6.85. The molecule has 1 aromatic carbocycles. The van der Waals surface area contributed by atoms with E-state index < -0.39 is 11.8 Å². The van der Waals surface area contributed by atoms with Crippen molar-refractivity contribution in [3.8, 4) is 0 Å². The molecule has 6 nitrogen and oxygen atoms in total. The maximum Gasteiger partial charge on any atom is 0.319 e. The molecule has 0 spiro atoms. The summed E-state index contributed by atoms with van der Waals surface area (Å²) in [7, 11) is 1.71. The van der Waals surface area contributed by atoms with Gasteiger partial charge in [-0.25, -0.2) is 9.18 Å². The van der Waals surface area contributed by atoms with Crippen LogP contribution in [0.2, 0.25) is 0 Å². The van der Waals surface area contributed by atoms with E-state index in [1.165, 1.54) is 22.9 Å². The van der Waals surface area contributed by atoms with E-state index in [0.29, 0.717) is 11.5 Å². The zero-order chi connectivity index (χ0) is 13.8. The van der Waals surface area contributed by atoms with Crippen LogP contribution in [0.4, 0.5) is 20.7 Å². The Morgan fingerprint density at radius 2 is 2.32 bits per heavy atom. The molecule has 100 valence electrons. The summed E-state index contributed by atoms with van der Waals surface area (Å²) in [6.45, 7) is 0.251. The number of aryl methyl sites for hydroxylation is 1. The van der Waals surface area contributed by atoms with Gasteiger partial charge in [0.05, 0.1) is 6.20 Å². The fourth-order valence-corrected chi connectivity index (χ4v) is 1.55. The maximum absolute atomic E-state index is 12.9. The van der Waals surface area contributed by atoms with Gasteiger partial charge in [-0.1, -0.05) is 6.07 Å². The van der Waals surface area contributed by atoms with Crippen molar-refractivity contribution < 1.29 is 9.18 Å². The summed E-state index contributed by atoms with van der Waals surface area (Å²) in [4.78, 5) is 11.6. The first kappa shape index (κ1) is 12.9. The number of carbonyl (C=O) groups excluding carboxylic acids is 1. The minimum atomic E-state index is -0.436. The highest BCUT2D eigenvalue weighted by molar-refractivity contribution is 5.89. The summed E-state index contributed by atoms with van der Waals surface area (Å²) >= 11 is 0. The summed E-state index contributed by atoms with van der Waals surface area (Å²) in [6, 6.07) is 5.22. The molecule has 0 unspecified atom stereocenters. The number of anilines is 2. The Morgan fingerprint density at radius 3 is 2.95 bits per heavy atom. The number of rotatable bonds is 3. The van der Waals surface area contributed by atoms with Gasteiger partial charge >= 0.3 is 6.03 Å². The summed E-state index contributed by atoms with van der Waals surface area (Å²) in [5, 5.41) is 9.10. The number of hydrogen-bond acceptors (Lipinski definition) is 3. The average Bonchev–Trinajstić information content (AvgIpc) is 2.68. The first-order chi connectivity index (χ1) is 9.06. The fraction of sp³-hybridized carbons (Fsp3) is 0.167. The standard InChI is InChI=1S/C12H14FN5O/c1-18-11(14)8(7-16-18)6-15-12(19)17-10-4-2-3-9(13)5-10/h2-5,7H,6,14H2,1H3,(H2,15,17,19). The number of hydrogen-bond donors (Lipinski definition) is 3. The van der Waals surface area contributed by atoms with Crippen LogP contribution in [-0.2, 0) is 13.6 Å². The van der Waals surface area contributed by atoms with E-state index in [-0.39, 0.29) is 6.54 Å². The minimum Gasteiger partial charge on any atom is -0.384 e. The number of benzene rings is 1. The van der Waals surface area contributed by atoms with Crippen molar-refractivity contribution in [2.75, 3.05) is 11.1 Å². The van der Waals surface area contributed by atoms with Crippen LogP contribution in [0.5, 0.6) is 0 Å². The molecule has 0 fully saturated rings. The second kappa shape index (κ2) is 5.38. The number of amides is 2. The van der Waals surface area contributed by atoms with Crippen LogP contribution in [-0.4, -0.2) is 15.8 Å². The molecule has 0 atom stereocenters.